The molecule has 1 unspecified atom stereocenters. The Hall–Kier alpha value is -0.930. The Morgan fingerprint density at radius 2 is 1.79 bits per heavy atom. The molecule has 0 amide bonds. The molecule has 19 heavy (non-hydrogen) atoms. The highest BCUT2D eigenvalue weighted by atomic mass is 35.5. The smallest absolute Gasteiger partial charge is 0.347 e. The van der Waals surface area contributed by atoms with E-state index >= 15 is 0 Å². The number of hydrogen-bond donors (Lipinski definition) is 1. The standard InChI is InChI=1S/C14H16Cl2O3/c1-12(2,11(17)18)19-10-6-4-9(5-7-10)13(3)8-14(13,15)16/h4-7H,8H2,1-3H3,(H,17,18). The molecule has 1 aromatic carbocycles. The van der Waals surface area contributed by atoms with E-state index in [4.69, 9.17) is 33.0 Å². The van der Waals surface area contributed by atoms with Crippen LogP contribution in [0.2, 0.25) is 0 Å². The van der Waals surface area contributed by atoms with Crippen molar-refractivity contribution >= 4 is 29.2 Å². The molecule has 1 aliphatic carbocycles. The van der Waals surface area contributed by atoms with E-state index in [0.29, 0.717) is 12.2 Å². The second-order valence-corrected chi connectivity index (χ2v) is 7.14. The maximum atomic E-state index is 11.0. The lowest BCUT2D eigenvalue weighted by Gasteiger charge is -2.22. The van der Waals surface area contributed by atoms with Crippen LogP contribution in [-0.4, -0.2) is 21.0 Å². The number of ether oxygens (including phenoxy) is 1. The van der Waals surface area contributed by atoms with Crippen LogP contribution < -0.4 is 4.74 Å². The number of benzene rings is 1. The lowest BCUT2D eigenvalue weighted by atomic mass is 9.98. The van der Waals surface area contributed by atoms with Crippen LogP contribution in [0.1, 0.15) is 32.8 Å². The number of carbonyl (C=O) groups is 1. The molecule has 0 heterocycles. The number of hydrogen-bond acceptors (Lipinski definition) is 2. The molecule has 0 aromatic heterocycles. The summed E-state index contributed by atoms with van der Waals surface area (Å²) < 4.78 is 4.73. The Morgan fingerprint density at radius 3 is 2.16 bits per heavy atom. The van der Waals surface area contributed by atoms with Gasteiger partial charge in [-0.15, -0.1) is 23.2 Å². The van der Waals surface area contributed by atoms with Crippen LogP contribution in [-0.2, 0) is 10.2 Å². The molecule has 1 saturated carbocycles. The quantitative estimate of drug-likeness (QED) is 0.861. The normalized spacial score (nSPS) is 24.9. The molecule has 1 fully saturated rings. The Bertz CT molecular complexity index is 508. The summed E-state index contributed by atoms with van der Waals surface area (Å²) in [6, 6.07) is 7.24. The van der Waals surface area contributed by atoms with Crippen molar-refractivity contribution in [3.63, 3.8) is 0 Å². The SMILES string of the molecule is CC(C)(Oc1ccc(C2(C)CC2(Cl)Cl)cc1)C(=O)O. The Morgan fingerprint density at radius 1 is 1.32 bits per heavy atom. The largest absolute Gasteiger partial charge is 0.478 e. The highest BCUT2D eigenvalue weighted by Gasteiger charge is 2.63. The molecule has 1 atom stereocenters. The third kappa shape index (κ3) is 2.54. The topological polar surface area (TPSA) is 46.5 Å². The first-order valence-electron chi connectivity index (χ1n) is 5.99. The minimum absolute atomic E-state index is 0.239. The van der Waals surface area contributed by atoms with E-state index in [1.54, 1.807) is 12.1 Å². The minimum atomic E-state index is -1.26. The van der Waals surface area contributed by atoms with Crippen molar-refractivity contribution < 1.29 is 14.6 Å². The zero-order valence-electron chi connectivity index (χ0n) is 11.0. The summed E-state index contributed by atoms with van der Waals surface area (Å²) in [5.41, 5.74) is -0.469. The predicted molar refractivity (Wildman–Crippen MR) is 75.2 cm³/mol. The van der Waals surface area contributed by atoms with E-state index in [2.05, 4.69) is 0 Å². The maximum Gasteiger partial charge on any atom is 0.347 e. The lowest BCUT2D eigenvalue weighted by Crippen LogP contribution is -2.37. The van der Waals surface area contributed by atoms with Gasteiger partial charge in [-0.25, -0.2) is 4.79 Å². The third-order valence-corrected chi connectivity index (χ3v) is 4.74. The second-order valence-electron chi connectivity index (χ2n) is 5.66. The monoisotopic (exact) mass is 302 g/mol. The van der Waals surface area contributed by atoms with Crippen molar-refractivity contribution in [1.82, 2.24) is 0 Å². The Balaban J connectivity index is 2.15. The van der Waals surface area contributed by atoms with Crippen LogP contribution in [0.15, 0.2) is 24.3 Å². The predicted octanol–water partition coefficient (Wildman–Crippen LogP) is 3.76. The van der Waals surface area contributed by atoms with E-state index in [9.17, 15) is 4.79 Å². The Labute approximate surface area is 122 Å². The zero-order chi connectivity index (χ0) is 14.5. The van der Waals surface area contributed by atoms with Crippen molar-refractivity contribution in [2.45, 2.75) is 42.5 Å². The average Bonchev–Trinajstić information content (AvgIpc) is 2.79. The summed E-state index contributed by atoms with van der Waals surface area (Å²) in [6.07, 6.45) is 0.712. The van der Waals surface area contributed by atoms with E-state index < -0.39 is 15.9 Å². The van der Waals surface area contributed by atoms with Crippen molar-refractivity contribution in [3.05, 3.63) is 29.8 Å². The van der Waals surface area contributed by atoms with Gasteiger partial charge in [0.05, 0.1) is 0 Å². The van der Waals surface area contributed by atoms with Crippen LogP contribution in [0.4, 0.5) is 0 Å². The average molecular weight is 303 g/mol. The molecule has 104 valence electrons. The van der Waals surface area contributed by atoms with Crippen molar-refractivity contribution in [1.29, 1.82) is 0 Å². The van der Waals surface area contributed by atoms with E-state index in [0.717, 1.165) is 5.56 Å². The summed E-state index contributed by atoms with van der Waals surface area (Å²) >= 11 is 12.3. The van der Waals surface area contributed by atoms with Gasteiger partial charge in [0, 0.05) is 5.41 Å². The number of aliphatic carboxylic acids is 1. The van der Waals surface area contributed by atoms with Crippen molar-refractivity contribution in [2.24, 2.45) is 0 Å². The number of rotatable bonds is 4. The van der Waals surface area contributed by atoms with Gasteiger partial charge in [-0.1, -0.05) is 19.1 Å². The first-order valence-corrected chi connectivity index (χ1v) is 6.75. The number of carboxylic acids is 1. The van der Waals surface area contributed by atoms with E-state index in [1.165, 1.54) is 13.8 Å². The van der Waals surface area contributed by atoms with Gasteiger partial charge in [-0.05, 0) is 38.0 Å². The second kappa shape index (κ2) is 4.29. The zero-order valence-corrected chi connectivity index (χ0v) is 12.5. The molecule has 0 saturated heterocycles. The molecule has 1 aliphatic rings. The first kappa shape index (κ1) is 14.5. The summed E-state index contributed by atoms with van der Waals surface area (Å²) in [5.74, 6) is -0.499. The van der Waals surface area contributed by atoms with Crippen LogP contribution >= 0.6 is 23.2 Å². The summed E-state index contributed by atoms with van der Waals surface area (Å²) in [5, 5.41) is 9.01. The lowest BCUT2D eigenvalue weighted by molar-refractivity contribution is -0.152. The molecule has 0 aliphatic heterocycles. The fraction of sp³-hybridized carbons (Fsp3) is 0.500. The van der Waals surface area contributed by atoms with Crippen molar-refractivity contribution in [2.75, 3.05) is 0 Å². The number of carboxylic acid groups (broad SMARTS) is 1. The minimum Gasteiger partial charge on any atom is -0.478 e. The van der Waals surface area contributed by atoms with E-state index in [1.807, 2.05) is 19.1 Å². The van der Waals surface area contributed by atoms with Gasteiger partial charge in [0.25, 0.3) is 0 Å². The van der Waals surface area contributed by atoms with Gasteiger partial charge in [-0.3, -0.25) is 0 Å². The van der Waals surface area contributed by atoms with E-state index in [-0.39, 0.29) is 5.41 Å². The molecular weight excluding hydrogens is 287 g/mol. The van der Waals surface area contributed by atoms with Gasteiger partial charge >= 0.3 is 5.97 Å². The van der Waals surface area contributed by atoms with Gasteiger partial charge in [0.15, 0.2) is 5.60 Å². The highest BCUT2D eigenvalue weighted by molar-refractivity contribution is 6.52. The summed E-state index contributed by atoms with van der Waals surface area (Å²) in [7, 11) is 0. The van der Waals surface area contributed by atoms with Crippen LogP contribution in [0.5, 0.6) is 5.75 Å². The van der Waals surface area contributed by atoms with Gasteiger partial charge in [0.2, 0.25) is 0 Å². The molecule has 0 radical (unpaired) electrons. The van der Waals surface area contributed by atoms with Gasteiger partial charge < -0.3 is 9.84 Å². The molecule has 0 spiro atoms. The number of alkyl halides is 2. The van der Waals surface area contributed by atoms with Gasteiger partial charge in [0.1, 0.15) is 10.1 Å². The van der Waals surface area contributed by atoms with Crippen LogP contribution in [0, 0.1) is 0 Å². The first-order chi connectivity index (χ1) is 8.58. The molecule has 1 N–H and O–H groups in total. The summed E-state index contributed by atoms with van der Waals surface area (Å²) in [4.78, 5) is 11.0. The van der Waals surface area contributed by atoms with Crippen LogP contribution in [0.25, 0.3) is 0 Å². The highest BCUT2D eigenvalue weighted by Crippen LogP contribution is 2.64. The molecule has 2 rings (SSSR count). The molecular formula is C14H16Cl2O3. The third-order valence-electron chi connectivity index (χ3n) is 3.64. The van der Waals surface area contributed by atoms with Gasteiger partial charge in [-0.2, -0.15) is 0 Å². The fourth-order valence-corrected chi connectivity index (χ4v) is 2.69. The molecule has 1 aromatic rings. The van der Waals surface area contributed by atoms with Crippen molar-refractivity contribution in [3.8, 4) is 5.75 Å². The number of halogens is 2. The van der Waals surface area contributed by atoms with Crippen LogP contribution in [0.3, 0.4) is 0 Å². The molecule has 0 bridgehead atoms. The maximum absolute atomic E-state index is 11.0. The Kier molecular flexibility index (Phi) is 3.27. The fourth-order valence-electron chi connectivity index (χ4n) is 1.94. The molecule has 5 heteroatoms. The summed E-state index contributed by atoms with van der Waals surface area (Å²) in [6.45, 7) is 5.02. The molecule has 3 nitrogen and oxygen atoms in total.